The Bertz CT molecular complexity index is 556. The van der Waals surface area contributed by atoms with E-state index >= 15 is 0 Å². The van der Waals surface area contributed by atoms with E-state index in [1.165, 1.54) is 56.9 Å². The van der Waals surface area contributed by atoms with Crippen molar-refractivity contribution in [1.29, 1.82) is 0 Å². The number of carbonyl (C=O) groups excluding carboxylic acids is 2. The molecule has 0 fully saturated rings. The van der Waals surface area contributed by atoms with Crippen LogP contribution in [-0.2, 0) is 25.5 Å². The monoisotopic (exact) mass is 432 g/mol. The lowest BCUT2D eigenvalue weighted by Gasteiger charge is -2.06. The number of rotatable bonds is 20. The Kier molecular flexibility index (Phi) is 17.6. The first kappa shape index (κ1) is 27.2. The highest BCUT2D eigenvalue weighted by Crippen LogP contribution is 2.11. The van der Waals surface area contributed by atoms with E-state index in [2.05, 4.69) is 6.92 Å². The standard InChI is InChI=1S/C27H44O4/c1-2-3-4-5-6-7-8-9-10-17-23-30-26(28)20-15-12-16-21-27(29)31-24-22-25-18-13-11-14-19-25/h11,13-14,18-19H,2-10,12,15-17,20-24H2,1H3. The molecule has 0 aromatic heterocycles. The highest BCUT2D eigenvalue weighted by Gasteiger charge is 2.05. The van der Waals surface area contributed by atoms with Crippen molar-refractivity contribution in [2.45, 2.75) is 110 Å². The molecule has 0 aliphatic heterocycles. The minimum Gasteiger partial charge on any atom is -0.466 e. The number of hydrogen-bond donors (Lipinski definition) is 0. The van der Waals surface area contributed by atoms with Crippen LogP contribution in [0.3, 0.4) is 0 Å². The molecular weight excluding hydrogens is 388 g/mol. The fourth-order valence-electron chi connectivity index (χ4n) is 3.56. The van der Waals surface area contributed by atoms with Gasteiger partial charge in [-0.1, -0.05) is 101 Å². The molecule has 176 valence electrons. The van der Waals surface area contributed by atoms with Gasteiger partial charge in [-0.15, -0.1) is 0 Å². The van der Waals surface area contributed by atoms with Gasteiger partial charge in [0.2, 0.25) is 0 Å². The van der Waals surface area contributed by atoms with Gasteiger partial charge in [0.15, 0.2) is 0 Å². The molecule has 0 saturated heterocycles. The second-order valence-corrected chi connectivity index (χ2v) is 8.42. The lowest BCUT2D eigenvalue weighted by molar-refractivity contribution is -0.144. The second-order valence-electron chi connectivity index (χ2n) is 8.42. The third-order valence-electron chi connectivity index (χ3n) is 5.52. The van der Waals surface area contributed by atoms with Crippen LogP contribution < -0.4 is 0 Å². The summed E-state index contributed by atoms with van der Waals surface area (Å²) in [7, 11) is 0. The van der Waals surface area contributed by atoms with E-state index in [9.17, 15) is 9.59 Å². The molecule has 0 spiro atoms. The molecule has 0 saturated carbocycles. The Hall–Kier alpha value is -1.84. The third-order valence-corrected chi connectivity index (χ3v) is 5.52. The fraction of sp³-hybridized carbons (Fsp3) is 0.704. The van der Waals surface area contributed by atoms with E-state index in [0.717, 1.165) is 38.5 Å². The Morgan fingerprint density at radius 3 is 1.68 bits per heavy atom. The summed E-state index contributed by atoms with van der Waals surface area (Å²) in [6.45, 7) is 3.22. The molecule has 1 aromatic rings. The maximum Gasteiger partial charge on any atom is 0.305 e. The Labute approximate surface area is 190 Å². The van der Waals surface area contributed by atoms with Crippen molar-refractivity contribution in [3.8, 4) is 0 Å². The number of benzene rings is 1. The number of esters is 2. The fourth-order valence-corrected chi connectivity index (χ4v) is 3.56. The molecule has 0 N–H and O–H groups in total. The molecule has 4 heteroatoms. The highest BCUT2D eigenvalue weighted by atomic mass is 16.5. The first-order chi connectivity index (χ1) is 15.2. The number of hydrogen-bond acceptors (Lipinski definition) is 4. The summed E-state index contributed by atoms with van der Waals surface area (Å²) in [5.74, 6) is -0.263. The van der Waals surface area contributed by atoms with Crippen LogP contribution in [0.15, 0.2) is 30.3 Å². The smallest absolute Gasteiger partial charge is 0.305 e. The molecule has 0 atom stereocenters. The molecule has 0 aliphatic carbocycles. The Morgan fingerprint density at radius 1 is 0.613 bits per heavy atom. The lowest BCUT2D eigenvalue weighted by Crippen LogP contribution is -2.08. The van der Waals surface area contributed by atoms with Gasteiger partial charge in [-0.2, -0.15) is 0 Å². The first-order valence-electron chi connectivity index (χ1n) is 12.6. The van der Waals surface area contributed by atoms with E-state index < -0.39 is 0 Å². The molecule has 0 unspecified atom stereocenters. The third kappa shape index (κ3) is 17.5. The summed E-state index contributed by atoms with van der Waals surface area (Å²) in [6.07, 6.45) is 16.8. The van der Waals surface area contributed by atoms with Crippen molar-refractivity contribution in [1.82, 2.24) is 0 Å². The van der Waals surface area contributed by atoms with E-state index in [4.69, 9.17) is 9.47 Å². The molecule has 4 nitrogen and oxygen atoms in total. The summed E-state index contributed by atoms with van der Waals surface area (Å²) in [5, 5.41) is 0. The van der Waals surface area contributed by atoms with Gasteiger partial charge in [0.25, 0.3) is 0 Å². The van der Waals surface area contributed by atoms with Crippen molar-refractivity contribution in [2.75, 3.05) is 13.2 Å². The van der Waals surface area contributed by atoms with Crippen LogP contribution >= 0.6 is 0 Å². The summed E-state index contributed by atoms with van der Waals surface area (Å²) in [5.41, 5.74) is 1.17. The molecule has 1 aromatic carbocycles. The van der Waals surface area contributed by atoms with Gasteiger partial charge in [-0.05, 0) is 24.8 Å². The zero-order valence-corrected chi connectivity index (χ0v) is 19.7. The van der Waals surface area contributed by atoms with Crippen LogP contribution in [0, 0.1) is 0 Å². The quantitative estimate of drug-likeness (QED) is 0.162. The summed E-state index contributed by atoms with van der Waals surface area (Å²) in [4.78, 5) is 23.5. The molecule has 31 heavy (non-hydrogen) atoms. The van der Waals surface area contributed by atoms with Crippen LogP contribution in [0.4, 0.5) is 0 Å². The largest absolute Gasteiger partial charge is 0.466 e. The van der Waals surface area contributed by atoms with Crippen LogP contribution in [0.1, 0.15) is 109 Å². The number of ether oxygens (including phenoxy) is 2. The Morgan fingerprint density at radius 2 is 1.10 bits per heavy atom. The van der Waals surface area contributed by atoms with E-state index in [1.807, 2.05) is 30.3 Å². The SMILES string of the molecule is CCCCCCCCCCCCOC(=O)CCCCCC(=O)OCCc1ccccc1. The van der Waals surface area contributed by atoms with Crippen molar-refractivity contribution in [2.24, 2.45) is 0 Å². The molecule has 0 heterocycles. The maximum absolute atomic E-state index is 11.8. The van der Waals surface area contributed by atoms with Crippen molar-refractivity contribution in [3.05, 3.63) is 35.9 Å². The van der Waals surface area contributed by atoms with Crippen LogP contribution in [-0.4, -0.2) is 25.2 Å². The van der Waals surface area contributed by atoms with Crippen LogP contribution in [0.2, 0.25) is 0 Å². The topological polar surface area (TPSA) is 52.6 Å². The zero-order chi connectivity index (χ0) is 22.4. The van der Waals surface area contributed by atoms with E-state index in [1.54, 1.807) is 0 Å². The first-order valence-corrected chi connectivity index (χ1v) is 12.6. The average molecular weight is 433 g/mol. The van der Waals surface area contributed by atoms with E-state index in [0.29, 0.717) is 26.1 Å². The normalized spacial score (nSPS) is 10.7. The average Bonchev–Trinajstić information content (AvgIpc) is 2.78. The predicted molar refractivity (Wildman–Crippen MR) is 127 cm³/mol. The minimum atomic E-state index is -0.153. The summed E-state index contributed by atoms with van der Waals surface area (Å²) in [6, 6.07) is 10.0. The van der Waals surface area contributed by atoms with Gasteiger partial charge >= 0.3 is 11.9 Å². The van der Waals surface area contributed by atoms with E-state index in [-0.39, 0.29) is 11.9 Å². The molecule has 1 rings (SSSR count). The molecule has 0 aliphatic rings. The lowest BCUT2D eigenvalue weighted by atomic mass is 10.1. The van der Waals surface area contributed by atoms with Gasteiger partial charge in [0.05, 0.1) is 13.2 Å². The maximum atomic E-state index is 11.8. The van der Waals surface area contributed by atoms with Crippen molar-refractivity contribution in [3.63, 3.8) is 0 Å². The minimum absolute atomic E-state index is 0.110. The molecule has 0 bridgehead atoms. The van der Waals surface area contributed by atoms with Crippen molar-refractivity contribution < 1.29 is 19.1 Å². The second kappa shape index (κ2) is 20.1. The molecule has 0 amide bonds. The number of carbonyl (C=O) groups is 2. The summed E-state index contributed by atoms with van der Waals surface area (Å²) >= 11 is 0. The van der Waals surface area contributed by atoms with Crippen LogP contribution in [0.5, 0.6) is 0 Å². The van der Waals surface area contributed by atoms with Crippen molar-refractivity contribution >= 4 is 11.9 Å². The molecule has 0 radical (unpaired) electrons. The van der Waals surface area contributed by atoms with Gasteiger partial charge in [-0.25, -0.2) is 0 Å². The summed E-state index contributed by atoms with van der Waals surface area (Å²) < 4.78 is 10.6. The Balaban J connectivity index is 1.82. The van der Waals surface area contributed by atoms with Gasteiger partial charge in [-0.3, -0.25) is 9.59 Å². The molecular formula is C27H44O4. The van der Waals surface area contributed by atoms with Gasteiger partial charge < -0.3 is 9.47 Å². The predicted octanol–water partition coefficient (Wildman–Crippen LogP) is 7.19. The zero-order valence-electron chi connectivity index (χ0n) is 19.7. The highest BCUT2D eigenvalue weighted by molar-refractivity contribution is 5.69. The van der Waals surface area contributed by atoms with Gasteiger partial charge in [0.1, 0.15) is 0 Å². The van der Waals surface area contributed by atoms with Gasteiger partial charge in [0, 0.05) is 19.3 Å². The van der Waals surface area contributed by atoms with Crippen LogP contribution in [0.25, 0.3) is 0 Å². The number of unbranched alkanes of at least 4 members (excludes halogenated alkanes) is 11.